The second kappa shape index (κ2) is 6.36. The number of hydrogen-bond donors (Lipinski definition) is 2. The molecule has 1 rings (SSSR count). The van der Waals surface area contributed by atoms with E-state index in [1.54, 1.807) is 11.8 Å². The Balaban J connectivity index is 2.10. The molecule has 0 saturated carbocycles. The molecule has 0 saturated heterocycles. The van der Waals surface area contributed by atoms with Crippen LogP contribution in [0.4, 0.5) is 0 Å². The number of amides is 1. The largest absolute Gasteiger partial charge is 0.349 e. The number of hydrogen-bond acceptors (Lipinski definition) is 5. The molecule has 2 N–H and O–H groups in total. The van der Waals surface area contributed by atoms with Crippen LogP contribution in [-0.4, -0.2) is 45.1 Å². The molecule has 1 aromatic rings. The Labute approximate surface area is 86.2 Å². The van der Waals surface area contributed by atoms with Gasteiger partial charge in [-0.15, -0.1) is 10.2 Å². The maximum atomic E-state index is 11.2. The SMILES string of the molecule is CSCCCCNC(=O)c1nn[nH]n1. The first-order chi connectivity index (χ1) is 6.84. The van der Waals surface area contributed by atoms with Gasteiger partial charge in [0.15, 0.2) is 0 Å². The lowest BCUT2D eigenvalue weighted by molar-refractivity contribution is 0.0943. The van der Waals surface area contributed by atoms with Gasteiger partial charge in [0.1, 0.15) is 0 Å². The van der Waals surface area contributed by atoms with Crippen LogP contribution in [0.25, 0.3) is 0 Å². The van der Waals surface area contributed by atoms with E-state index in [0.29, 0.717) is 6.54 Å². The average molecular weight is 215 g/mol. The molecular formula is C7H13N5OS. The lowest BCUT2D eigenvalue weighted by atomic mass is 10.3. The van der Waals surface area contributed by atoms with Gasteiger partial charge in [-0.3, -0.25) is 4.79 Å². The van der Waals surface area contributed by atoms with Crippen molar-refractivity contribution in [1.29, 1.82) is 0 Å². The monoisotopic (exact) mass is 215 g/mol. The molecule has 0 aromatic carbocycles. The molecule has 0 spiro atoms. The van der Waals surface area contributed by atoms with Gasteiger partial charge in [0.05, 0.1) is 0 Å². The van der Waals surface area contributed by atoms with Crippen LogP contribution in [0.15, 0.2) is 0 Å². The Morgan fingerprint density at radius 2 is 2.43 bits per heavy atom. The summed E-state index contributed by atoms with van der Waals surface area (Å²) >= 11 is 1.81. The van der Waals surface area contributed by atoms with Crippen LogP contribution in [0.1, 0.15) is 23.5 Å². The molecule has 0 aliphatic rings. The summed E-state index contributed by atoms with van der Waals surface area (Å²) in [6.45, 7) is 0.661. The number of thioether (sulfide) groups is 1. The van der Waals surface area contributed by atoms with Gasteiger partial charge in [0.2, 0.25) is 0 Å². The van der Waals surface area contributed by atoms with E-state index in [-0.39, 0.29) is 11.7 Å². The van der Waals surface area contributed by atoms with E-state index in [2.05, 4.69) is 32.2 Å². The molecule has 0 fully saturated rings. The van der Waals surface area contributed by atoms with Crippen LogP contribution < -0.4 is 5.32 Å². The third kappa shape index (κ3) is 3.73. The van der Waals surface area contributed by atoms with Gasteiger partial charge in [0.25, 0.3) is 11.7 Å². The highest BCUT2D eigenvalue weighted by Crippen LogP contribution is 1.97. The van der Waals surface area contributed by atoms with Gasteiger partial charge in [-0.2, -0.15) is 17.0 Å². The number of aromatic amines is 1. The second-order valence-electron chi connectivity index (χ2n) is 2.69. The lowest BCUT2D eigenvalue weighted by Gasteiger charge is -2.00. The summed E-state index contributed by atoms with van der Waals surface area (Å²) in [7, 11) is 0. The van der Waals surface area contributed by atoms with E-state index in [1.165, 1.54) is 0 Å². The summed E-state index contributed by atoms with van der Waals surface area (Å²) in [5.74, 6) is 0.940. The van der Waals surface area contributed by atoms with E-state index in [4.69, 9.17) is 0 Å². The van der Waals surface area contributed by atoms with Crippen LogP contribution in [0.5, 0.6) is 0 Å². The van der Waals surface area contributed by atoms with Crippen molar-refractivity contribution in [1.82, 2.24) is 25.9 Å². The fourth-order valence-corrected chi connectivity index (χ4v) is 1.40. The minimum Gasteiger partial charge on any atom is -0.349 e. The molecular weight excluding hydrogens is 202 g/mol. The predicted octanol–water partition coefficient (Wildman–Crippen LogP) is 0.0727. The quantitative estimate of drug-likeness (QED) is 0.656. The van der Waals surface area contributed by atoms with Gasteiger partial charge >= 0.3 is 0 Å². The molecule has 1 heterocycles. The number of tetrazole rings is 1. The summed E-state index contributed by atoms with van der Waals surface area (Å²) in [5, 5.41) is 15.4. The number of nitrogens with one attached hydrogen (secondary N) is 2. The smallest absolute Gasteiger partial charge is 0.292 e. The van der Waals surface area contributed by atoms with Crippen molar-refractivity contribution in [3.63, 3.8) is 0 Å². The Bertz CT molecular complexity index is 263. The third-order valence-electron chi connectivity index (χ3n) is 1.61. The van der Waals surface area contributed by atoms with Gasteiger partial charge in [-0.25, -0.2) is 0 Å². The van der Waals surface area contributed by atoms with E-state index in [9.17, 15) is 4.79 Å². The van der Waals surface area contributed by atoms with Crippen molar-refractivity contribution in [2.45, 2.75) is 12.8 Å². The summed E-state index contributed by atoms with van der Waals surface area (Å²) in [6, 6.07) is 0. The van der Waals surface area contributed by atoms with Crippen molar-refractivity contribution in [3.8, 4) is 0 Å². The van der Waals surface area contributed by atoms with Crippen molar-refractivity contribution in [3.05, 3.63) is 5.82 Å². The zero-order valence-electron chi connectivity index (χ0n) is 7.99. The van der Waals surface area contributed by atoms with Crippen LogP contribution >= 0.6 is 11.8 Å². The molecule has 0 aliphatic heterocycles. The topological polar surface area (TPSA) is 83.6 Å². The Hall–Kier alpha value is -1.11. The predicted molar refractivity (Wildman–Crippen MR) is 54.1 cm³/mol. The Kier molecular flexibility index (Phi) is 4.98. The second-order valence-corrected chi connectivity index (χ2v) is 3.68. The van der Waals surface area contributed by atoms with Gasteiger partial charge in [-0.1, -0.05) is 0 Å². The molecule has 0 unspecified atom stereocenters. The van der Waals surface area contributed by atoms with E-state index < -0.39 is 0 Å². The molecule has 1 amide bonds. The maximum Gasteiger partial charge on any atom is 0.292 e. The van der Waals surface area contributed by atoms with Gasteiger partial charge in [0, 0.05) is 6.54 Å². The molecule has 0 bridgehead atoms. The number of aromatic nitrogens is 4. The first-order valence-corrected chi connectivity index (χ1v) is 5.74. The highest BCUT2D eigenvalue weighted by atomic mass is 32.2. The van der Waals surface area contributed by atoms with Crippen LogP contribution in [-0.2, 0) is 0 Å². The lowest BCUT2D eigenvalue weighted by Crippen LogP contribution is -2.25. The van der Waals surface area contributed by atoms with Gasteiger partial charge in [-0.05, 0) is 30.1 Å². The molecule has 78 valence electrons. The third-order valence-corrected chi connectivity index (χ3v) is 2.31. The van der Waals surface area contributed by atoms with E-state index >= 15 is 0 Å². The van der Waals surface area contributed by atoms with Crippen LogP contribution in [0, 0.1) is 0 Å². The molecule has 0 atom stereocenters. The summed E-state index contributed by atoms with van der Waals surface area (Å²) in [4.78, 5) is 11.2. The highest BCUT2D eigenvalue weighted by molar-refractivity contribution is 7.98. The summed E-state index contributed by atoms with van der Waals surface area (Å²) in [5.41, 5.74) is 0. The van der Waals surface area contributed by atoms with E-state index in [0.717, 1.165) is 18.6 Å². The first-order valence-electron chi connectivity index (χ1n) is 4.35. The zero-order valence-corrected chi connectivity index (χ0v) is 8.80. The van der Waals surface area contributed by atoms with E-state index in [1.807, 2.05) is 0 Å². The minimum atomic E-state index is -0.275. The fourth-order valence-electron chi connectivity index (χ4n) is 0.910. The summed E-state index contributed by atoms with van der Waals surface area (Å²) in [6.07, 6.45) is 4.15. The van der Waals surface area contributed by atoms with Crippen molar-refractivity contribution < 1.29 is 4.79 Å². The molecule has 7 heteroatoms. The normalized spacial score (nSPS) is 10.1. The standard InChI is InChI=1S/C7H13N5OS/c1-14-5-3-2-4-8-7(13)6-9-11-12-10-6/h2-5H2,1H3,(H,8,13)(H,9,10,11,12). The number of carbonyl (C=O) groups is 1. The molecule has 1 aromatic heterocycles. The average Bonchev–Trinajstić information content (AvgIpc) is 2.70. The molecule has 0 radical (unpaired) electrons. The van der Waals surface area contributed by atoms with Crippen molar-refractivity contribution >= 4 is 17.7 Å². The highest BCUT2D eigenvalue weighted by Gasteiger charge is 2.08. The number of unbranched alkanes of at least 4 members (excludes halogenated alkanes) is 1. The molecule has 14 heavy (non-hydrogen) atoms. The number of carbonyl (C=O) groups excluding carboxylic acids is 1. The van der Waals surface area contributed by atoms with Gasteiger partial charge < -0.3 is 5.32 Å². The fraction of sp³-hybridized carbons (Fsp3) is 0.714. The van der Waals surface area contributed by atoms with Crippen LogP contribution in [0.2, 0.25) is 0 Å². The molecule has 0 aliphatic carbocycles. The Morgan fingerprint density at radius 3 is 3.07 bits per heavy atom. The molecule has 6 nitrogen and oxygen atoms in total. The van der Waals surface area contributed by atoms with Crippen molar-refractivity contribution in [2.75, 3.05) is 18.6 Å². The number of rotatable bonds is 6. The van der Waals surface area contributed by atoms with Crippen LogP contribution in [0.3, 0.4) is 0 Å². The minimum absolute atomic E-state index is 0.0925. The number of nitrogens with zero attached hydrogens (tertiary/aromatic N) is 3. The Morgan fingerprint density at radius 1 is 1.57 bits per heavy atom. The maximum absolute atomic E-state index is 11.2. The first kappa shape index (κ1) is 11.0. The van der Waals surface area contributed by atoms with Crippen molar-refractivity contribution in [2.24, 2.45) is 0 Å². The number of H-pyrrole nitrogens is 1. The zero-order chi connectivity index (χ0) is 10.2. The summed E-state index contributed by atoms with van der Waals surface area (Å²) < 4.78 is 0.